The van der Waals surface area contributed by atoms with Crippen LogP contribution in [0.2, 0.25) is 0 Å². The molecule has 2 aromatic rings. The van der Waals surface area contributed by atoms with E-state index >= 15 is 0 Å². The van der Waals surface area contributed by atoms with Crippen LogP contribution in [0.4, 0.5) is 5.69 Å². The summed E-state index contributed by atoms with van der Waals surface area (Å²) in [6.45, 7) is 1.89. The van der Waals surface area contributed by atoms with Gasteiger partial charge in [0.15, 0.2) is 6.10 Å². The van der Waals surface area contributed by atoms with E-state index in [-0.39, 0.29) is 6.42 Å². The summed E-state index contributed by atoms with van der Waals surface area (Å²) in [5.41, 5.74) is 0.916. The Hall–Kier alpha value is -3.33. The van der Waals surface area contributed by atoms with Crippen LogP contribution in [0.3, 0.4) is 0 Å². The molecule has 1 amide bonds. The first-order valence-corrected chi connectivity index (χ1v) is 8.27. The molecule has 0 spiro atoms. The number of anilines is 1. The van der Waals surface area contributed by atoms with Crippen molar-refractivity contribution >= 4 is 17.6 Å². The van der Waals surface area contributed by atoms with Crippen molar-refractivity contribution in [1.82, 2.24) is 0 Å². The minimum atomic E-state index is -0.928. The van der Waals surface area contributed by atoms with E-state index < -0.39 is 18.0 Å². The monoisotopic (exact) mass is 352 g/mol. The molecular formula is C20H20N2O4. The Kier molecular flexibility index (Phi) is 7.19. The van der Waals surface area contributed by atoms with Crippen molar-refractivity contribution in [2.45, 2.75) is 25.9 Å². The predicted molar refractivity (Wildman–Crippen MR) is 96.5 cm³/mol. The number of carbonyl (C=O) groups excluding carboxylic acids is 2. The molecule has 1 atom stereocenters. The molecule has 0 saturated heterocycles. The maximum atomic E-state index is 12.1. The van der Waals surface area contributed by atoms with Crippen LogP contribution in [0.15, 0.2) is 54.6 Å². The maximum absolute atomic E-state index is 12.1. The standard InChI is InChI=1S/C20H20N2O4/c1-15(20(24)22-17-8-5-7-16(13-17)14-21)26-19(23)11-6-12-25-18-9-3-2-4-10-18/h2-5,7-10,13,15H,6,11-12H2,1H3,(H,22,24)/t15-/m1/s1. The SMILES string of the molecule is C[C@@H](OC(=O)CCCOc1ccccc1)C(=O)Nc1cccc(C#N)c1. The van der Waals surface area contributed by atoms with Gasteiger partial charge in [0.05, 0.1) is 18.2 Å². The van der Waals surface area contributed by atoms with Gasteiger partial charge in [-0.25, -0.2) is 0 Å². The minimum Gasteiger partial charge on any atom is -0.494 e. The highest BCUT2D eigenvalue weighted by atomic mass is 16.5. The summed E-state index contributed by atoms with van der Waals surface area (Å²) in [4.78, 5) is 23.9. The average Bonchev–Trinajstić information content (AvgIpc) is 2.66. The van der Waals surface area contributed by atoms with Crippen molar-refractivity contribution in [2.75, 3.05) is 11.9 Å². The molecule has 0 radical (unpaired) electrons. The number of ether oxygens (including phenoxy) is 2. The Morgan fingerprint density at radius 2 is 1.92 bits per heavy atom. The molecule has 1 N–H and O–H groups in total. The van der Waals surface area contributed by atoms with Gasteiger partial charge < -0.3 is 14.8 Å². The molecule has 0 bridgehead atoms. The molecule has 6 nitrogen and oxygen atoms in total. The molecule has 26 heavy (non-hydrogen) atoms. The first kappa shape index (κ1) is 19.0. The molecular weight excluding hydrogens is 332 g/mol. The molecule has 6 heteroatoms. The third-order valence-corrected chi connectivity index (χ3v) is 3.47. The third kappa shape index (κ3) is 6.29. The normalized spacial score (nSPS) is 11.1. The lowest BCUT2D eigenvalue weighted by atomic mass is 10.2. The summed E-state index contributed by atoms with van der Waals surface area (Å²) in [5, 5.41) is 11.5. The Morgan fingerprint density at radius 1 is 1.15 bits per heavy atom. The number of nitrogens with one attached hydrogen (secondary N) is 1. The largest absolute Gasteiger partial charge is 0.494 e. The Morgan fingerprint density at radius 3 is 2.65 bits per heavy atom. The van der Waals surface area contributed by atoms with Crippen LogP contribution in [0.1, 0.15) is 25.3 Å². The lowest BCUT2D eigenvalue weighted by Gasteiger charge is -2.13. The second kappa shape index (κ2) is 9.84. The lowest BCUT2D eigenvalue weighted by Crippen LogP contribution is -2.30. The Bertz CT molecular complexity index is 784. The number of carbonyl (C=O) groups is 2. The molecule has 2 rings (SSSR count). The number of nitrogens with zero attached hydrogens (tertiary/aromatic N) is 1. The van der Waals surface area contributed by atoms with Gasteiger partial charge in [-0.3, -0.25) is 9.59 Å². The first-order valence-electron chi connectivity index (χ1n) is 8.27. The van der Waals surface area contributed by atoms with Crippen molar-refractivity contribution in [2.24, 2.45) is 0 Å². The van der Waals surface area contributed by atoms with Crippen LogP contribution in [-0.2, 0) is 14.3 Å². The average molecular weight is 352 g/mol. The summed E-state index contributed by atoms with van der Waals surface area (Å²) >= 11 is 0. The fraction of sp³-hybridized carbons (Fsp3) is 0.250. The zero-order valence-electron chi connectivity index (χ0n) is 14.5. The molecule has 2 aromatic carbocycles. The zero-order valence-corrected chi connectivity index (χ0v) is 14.5. The summed E-state index contributed by atoms with van der Waals surface area (Å²) < 4.78 is 10.6. The predicted octanol–water partition coefficient (Wildman–Crippen LogP) is 3.29. The molecule has 0 heterocycles. The Balaban J connectivity index is 1.70. The maximum Gasteiger partial charge on any atom is 0.306 e. The molecule has 134 valence electrons. The molecule has 0 fully saturated rings. The third-order valence-electron chi connectivity index (χ3n) is 3.47. The van der Waals surface area contributed by atoms with Gasteiger partial charge in [-0.15, -0.1) is 0 Å². The zero-order chi connectivity index (χ0) is 18.8. The second-order valence-corrected chi connectivity index (χ2v) is 5.58. The number of nitriles is 1. The van der Waals surface area contributed by atoms with Crippen molar-refractivity contribution < 1.29 is 19.1 Å². The summed E-state index contributed by atoms with van der Waals surface area (Å²) in [7, 11) is 0. The fourth-order valence-electron chi connectivity index (χ4n) is 2.14. The van der Waals surface area contributed by atoms with Crippen LogP contribution in [0.25, 0.3) is 0 Å². The smallest absolute Gasteiger partial charge is 0.306 e. The highest BCUT2D eigenvalue weighted by Crippen LogP contribution is 2.11. The van der Waals surface area contributed by atoms with E-state index in [9.17, 15) is 9.59 Å². The van der Waals surface area contributed by atoms with E-state index in [0.29, 0.717) is 24.3 Å². The molecule has 0 aromatic heterocycles. The number of hydrogen-bond donors (Lipinski definition) is 1. The summed E-state index contributed by atoms with van der Waals surface area (Å²) in [6, 6.07) is 17.8. The number of para-hydroxylation sites is 1. The number of benzene rings is 2. The van der Waals surface area contributed by atoms with Crippen LogP contribution in [-0.4, -0.2) is 24.6 Å². The lowest BCUT2D eigenvalue weighted by molar-refractivity contribution is -0.153. The second-order valence-electron chi connectivity index (χ2n) is 5.58. The van der Waals surface area contributed by atoms with Gasteiger partial charge in [0.2, 0.25) is 0 Å². The van der Waals surface area contributed by atoms with Gasteiger partial charge in [-0.2, -0.15) is 5.26 Å². The highest BCUT2D eigenvalue weighted by Gasteiger charge is 2.17. The topological polar surface area (TPSA) is 88.4 Å². The Labute approximate surface area is 152 Å². The summed E-state index contributed by atoms with van der Waals surface area (Å²) in [6.07, 6.45) is -0.274. The van der Waals surface area contributed by atoms with Crippen molar-refractivity contribution in [3.8, 4) is 11.8 Å². The van der Waals surface area contributed by atoms with E-state index in [1.807, 2.05) is 36.4 Å². The van der Waals surface area contributed by atoms with E-state index in [1.165, 1.54) is 6.92 Å². The number of rotatable bonds is 8. The fourth-order valence-corrected chi connectivity index (χ4v) is 2.14. The summed E-state index contributed by atoms with van der Waals surface area (Å²) in [5.74, 6) is -0.169. The van der Waals surface area contributed by atoms with Gasteiger partial charge in [0.1, 0.15) is 5.75 Å². The number of amides is 1. The molecule has 0 unspecified atom stereocenters. The van der Waals surface area contributed by atoms with Gasteiger partial charge in [-0.05, 0) is 43.7 Å². The van der Waals surface area contributed by atoms with Crippen LogP contribution in [0, 0.1) is 11.3 Å². The first-order chi connectivity index (χ1) is 12.6. The van der Waals surface area contributed by atoms with Gasteiger partial charge in [0.25, 0.3) is 5.91 Å². The molecule has 0 aliphatic rings. The van der Waals surface area contributed by atoms with Gasteiger partial charge in [-0.1, -0.05) is 24.3 Å². The molecule has 0 aliphatic heterocycles. The van der Waals surface area contributed by atoms with Crippen molar-refractivity contribution in [3.05, 3.63) is 60.2 Å². The number of esters is 1. The van der Waals surface area contributed by atoms with Crippen molar-refractivity contribution in [3.63, 3.8) is 0 Å². The van der Waals surface area contributed by atoms with E-state index in [1.54, 1.807) is 24.3 Å². The number of hydrogen-bond acceptors (Lipinski definition) is 5. The quantitative estimate of drug-likeness (QED) is 0.582. The van der Waals surface area contributed by atoms with E-state index in [4.69, 9.17) is 14.7 Å². The van der Waals surface area contributed by atoms with Crippen LogP contribution < -0.4 is 10.1 Å². The minimum absolute atomic E-state index is 0.161. The van der Waals surface area contributed by atoms with Gasteiger partial charge in [0, 0.05) is 12.1 Å². The van der Waals surface area contributed by atoms with Crippen LogP contribution >= 0.6 is 0 Å². The highest BCUT2D eigenvalue weighted by molar-refractivity contribution is 5.95. The molecule has 0 aliphatic carbocycles. The van der Waals surface area contributed by atoms with Crippen molar-refractivity contribution in [1.29, 1.82) is 5.26 Å². The molecule has 0 saturated carbocycles. The van der Waals surface area contributed by atoms with E-state index in [0.717, 1.165) is 5.75 Å². The van der Waals surface area contributed by atoms with E-state index in [2.05, 4.69) is 5.32 Å². The van der Waals surface area contributed by atoms with Gasteiger partial charge >= 0.3 is 5.97 Å². The van der Waals surface area contributed by atoms with Crippen LogP contribution in [0.5, 0.6) is 5.75 Å².